The molecule has 19 heavy (non-hydrogen) atoms. The molecule has 0 spiro atoms. The summed E-state index contributed by atoms with van der Waals surface area (Å²) in [6.07, 6.45) is 11.9. The highest BCUT2D eigenvalue weighted by atomic mass is 15.0. The average Bonchev–Trinajstić information content (AvgIpc) is 2.39. The van der Waals surface area contributed by atoms with Crippen LogP contribution in [0, 0.1) is 0 Å². The molecule has 0 heterocycles. The van der Waals surface area contributed by atoms with Crippen LogP contribution in [0.2, 0.25) is 0 Å². The van der Waals surface area contributed by atoms with E-state index in [0.717, 1.165) is 26.1 Å². The molecule has 0 aromatic carbocycles. The number of unbranched alkanes of at least 4 members (excludes halogenated alkanes) is 7. The van der Waals surface area contributed by atoms with Crippen LogP contribution in [-0.4, -0.2) is 44.6 Å². The molecule has 0 aliphatic carbocycles. The van der Waals surface area contributed by atoms with Crippen LogP contribution in [0.3, 0.4) is 0 Å². The van der Waals surface area contributed by atoms with Crippen molar-refractivity contribution in [3.63, 3.8) is 0 Å². The van der Waals surface area contributed by atoms with Crippen molar-refractivity contribution in [2.45, 2.75) is 64.7 Å². The highest BCUT2D eigenvalue weighted by Gasteiger charge is 1.90. The summed E-state index contributed by atoms with van der Waals surface area (Å²) in [5.74, 6) is 0. The SMILES string of the molecule is CCCCCCCCCCN=C=NCCCN(C)C. The standard InChI is InChI=1S/C16H33N3/c1-4-5-6-7-8-9-10-11-13-17-16-18-14-12-15-19(2)3/h4-15H2,1-3H3. The fraction of sp³-hybridized carbons (Fsp3) is 0.938. The maximum absolute atomic E-state index is 4.20. The van der Waals surface area contributed by atoms with E-state index in [2.05, 4.69) is 41.9 Å². The third-order valence-corrected chi connectivity index (χ3v) is 3.14. The Morgan fingerprint density at radius 1 is 0.737 bits per heavy atom. The first-order valence-electron chi connectivity index (χ1n) is 8.00. The molecule has 0 aliphatic rings. The van der Waals surface area contributed by atoms with Crippen molar-refractivity contribution in [2.24, 2.45) is 9.98 Å². The molecule has 0 radical (unpaired) electrons. The molecule has 3 nitrogen and oxygen atoms in total. The molecule has 0 amide bonds. The molecule has 0 rings (SSSR count). The Bertz CT molecular complexity index is 230. The third kappa shape index (κ3) is 17.3. The van der Waals surface area contributed by atoms with Gasteiger partial charge in [0.25, 0.3) is 0 Å². The minimum Gasteiger partial charge on any atom is -0.309 e. The van der Waals surface area contributed by atoms with Crippen molar-refractivity contribution in [1.82, 2.24) is 4.90 Å². The van der Waals surface area contributed by atoms with Crippen LogP contribution < -0.4 is 0 Å². The summed E-state index contributed by atoms with van der Waals surface area (Å²) in [7, 11) is 4.17. The van der Waals surface area contributed by atoms with Gasteiger partial charge in [-0.05, 0) is 33.5 Å². The van der Waals surface area contributed by atoms with Gasteiger partial charge >= 0.3 is 0 Å². The van der Waals surface area contributed by atoms with Gasteiger partial charge in [-0.15, -0.1) is 0 Å². The van der Waals surface area contributed by atoms with Gasteiger partial charge in [0.2, 0.25) is 0 Å². The van der Waals surface area contributed by atoms with E-state index in [1.165, 1.54) is 51.4 Å². The van der Waals surface area contributed by atoms with Crippen LogP contribution in [0.4, 0.5) is 0 Å². The number of hydrogen-bond acceptors (Lipinski definition) is 3. The zero-order valence-electron chi connectivity index (χ0n) is 13.3. The Labute approximate surface area is 120 Å². The number of rotatable bonds is 13. The highest BCUT2D eigenvalue weighted by molar-refractivity contribution is 5.40. The van der Waals surface area contributed by atoms with Gasteiger partial charge in [0, 0.05) is 6.54 Å². The Balaban J connectivity index is 3.18. The van der Waals surface area contributed by atoms with Crippen molar-refractivity contribution in [1.29, 1.82) is 0 Å². The topological polar surface area (TPSA) is 28.0 Å². The lowest BCUT2D eigenvalue weighted by molar-refractivity contribution is 0.403. The fourth-order valence-corrected chi connectivity index (χ4v) is 1.94. The number of hydrogen-bond donors (Lipinski definition) is 0. The normalized spacial score (nSPS) is 10.5. The summed E-state index contributed by atoms with van der Waals surface area (Å²) >= 11 is 0. The first-order chi connectivity index (χ1) is 9.27. The van der Waals surface area contributed by atoms with Gasteiger partial charge in [-0.25, -0.2) is 9.98 Å². The van der Waals surface area contributed by atoms with Gasteiger partial charge in [0.1, 0.15) is 0 Å². The van der Waals surface area contributed by atoms with E-state index in [4.69, 9.17) is 0 Å². The predicted molar refractivity (Wildman–Crippen MR) is 85.4 cm³/mol. The van der Waals surface area contributed by atoms with Crippen LogP contribution in [0.1, 0.15) is 64.7 Å². The summed E-state index contributed by atoms with van der Waals surface area (Å²) in [5, 5.41) is 0. The lowest BCUT2D eigenvalue weighted by Gasteiger charge is -2.05. The van der Waals surface area contributed by atoms with Gasteiger partial charge in [0.05, 0.1) is 12.6 Å². The zero-order chi connectivity index (χ0) is 14.2. The molecular formula is C16H33N3. The van der Waals surface area contributed by atoms with E-state index in [9.17, 15) is 0 Å². The molecule has 0 aromatic rings. The van der Waals surface area contributed by atoms with E-state index in [-0.39, 0.29) is 0 Å². The van der Waals surface area contributed by atoms with E-state index in [1.807, 2.05) is 0 Å². The molecule has 0 aliphatic heterocycles. The van der Waals surface area contributed by atoms with Gasteiger partial charge in [-0.1, -0.05) is 51.9 Å². The Hall–Kier alpha value is -0.660. The molecule has 3 heteroatoms. The number of aliphatic imine (C=N–C) groups is 2. The van der Waals surface area contributed by atoms with Crippen LogP contribution in [0.15, 0.2) is 9.98 Å². The summed E-state index contributed by atoms with van der Waals surface area (Å²) in [6, 6.07) is 2.81. The fourth-order valence-electron chi connectivity index (χ4n) is 1.94. The monoisotopic (exact) mass is 267 g/mol. The Kier molecular flexibility index (Phi) is 14.9. The molecular weight excluding hydrogens is 234 g/mol. The first kappa shape index (κ1) is 18.3. The lowest BCUT2D eigenvalue weighted by atomic mass is 10.1. The summed E-state index contributed by atoms with van der Waals surface area (Å²) < 4.78 is 0. The molecule has 0 saturated heterocycles. The van der Waals surface area contributed by atoms with Crippen LogP contribution in [0.5, 0.6) is 0 Å². The molecule has 0 unspecified atom stereocenters. The maximum Gasteiger partial charge on any atom is 0.0892 e. The second kappa shape index (κ2) is 15.4. The van der Waals surface area contributed by atoms with Crippen molar-refractivity contribution in [2.75, 3.05) is 33.7 Å². The number of nitrogens with zero attached hydrogens (tertiary/aromatic N) is 3. The van der Waals surface area contributed by atoms with Crippen molar-refractivity contribution >= 4 is 6.01 Å². The Morgan fingerprint density at radius 3 is 1.84 bits per heavy atom. The highest BCUT2D eigenvalue weighted by Crippen LogP contribution is 2.08. The van der Waals surface area contributed by atoms with Crippen molar-refractivity contribution < 1.29 is 0 Å². The van der Waals surface area contributed by atoms with Gasteiger partial charge < -0.3 is 4.90 Å². The molecule has 0 saturated carbocycles. The summed E-state index contributed by atoms with van der Waals surface area (Å²) in [4.78, 5) is 10.5. The average molecular weight is 267 g/mol. The second-order valence-corrected chi connectivity index (χ2v) is 5.50. The molecule has 0 aromatic heterocycles. The van der Waals surface area contributed by atoms with E-state index >= 15 is 0 Å². The van der Waals surface area contributed by atoms with E-state index < -0.39 is 0 Å². The first-order valence-corrected chi connectivity index (χ1v) is 8.00. The minimum atomic E-state index is 0.846. The van der Waals surface area contributed by atoms with Crippen LogP contribution in [0.25, 0.3) is 0 Å². The molecule has 0 fully saturated rings. The zero-order valence-corrected chi connectivity index (χ0v) is 13.3. The van der Waals surface area contributed by atoms with Gasteiger partial charge in [0.15, 0.2) is 0 Å². The second-order valence-electron chi connectivity index (χ2n) is 5.50. The van der Waals surface area contributed by atoms with Crippen molar-refractivity contribution in [3.8, 4) is 0 Å². The largest absolute Gasteiger partial charge is 0.309 e. The summed E-state index contributed by atoms with van der Waals surface area (Å²) in [6.45, 7) is 5.09. The molecule has 0 atom stereocenters. The minimum absolute atomic E-state index is 0.846. The van der Waals surface area contributed by atoms with E-state index in [0.29, 0.717) is 0 Å². The van der Waals surface area contributed by atoms with E-state index in [1.54, 1.807) is 0 Å². The summed E-state index contributed by atoms with van der Waals surface area (Å²) in [5.41, 5.74) is 0. The van der Waals surface area contributed by atoms with Crippen molar-refractivity contribution in [3.05, 3.63) is 0 Å². The predicted octanol–water partition coefficient (Wildman–Crippen LogP) is 4.25. The van der Waals surface area contributed by atoms with Gasteiger partial charge in [-0.2, -0.15) is 0 Å². The third-order valence-electron chi connectivity index (χ3n) is 3.14. The van der Waals surface area contributed by atoms with Crippen LogP contribution in [-0.2, 0) is 0 Å². The van der Waals surface area contributed by atoms with Gasteiger partial charge in [-0.3, -0.25) is 0 Å². The maximum atomic E-state index is 4.20. The van der Waals surface area contributed by atoms with Crippen LogP contribution >= 0.6 is 0 Å². The Morgan fingerprint density at radius 2 is 1.26 bits per heavy atom. The molecule has 112 valence electrons. The molecule has 0 bridgehead atoms. The molecule has 0 N–H and O–H groups in total. The smallest absolute Gasteiger partial charge is 0.0892 e. The quantitative estimate of drug-likeness (QED) is 0.362. The lowest BCUT2D eigenvalue weighted by Crippen LogP contribution is -2.13.